The maximum atomic E-state index is 12.3. The smallest absolute Gasteiger partial charge is 0.306 e. The number of hydrogen-bond donors (Lipinski definition) is 4. The van der Waals surface area contributed by atoms with E-state index in [2.05, 4.69) is 12.2 Å². The highest BCUT2D eigenvalue weighted by Gasteiger charge is 2.47. The minimum absolute atomic E-state index is 0.203. The molecule has 1 aliphatic heterocycles. The van der Waals surface area contributed by atoms with Crippen LogP contribution in [0.15, 0.2) is 0 Å². The van der Waals surface area contributed by atoms with Gasteiger partial charge in [-0.05, 0) is 6.42 Å². The van der Waals surface area contributed by atoms with E-state index in [0.717, 1.165) is 12.8 Å². The molecule has 0 spiro atoms. The molecule has 1 rings (SSSR count). The van der Waals surface area contributed by atoms with E-state index in [1.807, 2.05) is 0 Å². The van der Waals surface area contributed by atoms with Crippen molar-refractivity contribution in [3.8, 4) is 0 Å². The molecule has 0 aromatic carbocycles. The molecule has 0 radical (unpaired) electrons. The molecule has 1 fully saturated rings. The summed E-state index contributed by atoms with van der Waals surface area (Å²) in [5.74, 6) is -0.953. The van der Waals surface area contributed by atoms with Crippen LogP contribution in [0.5, 0.6) is 0 Å². The zero-order chi connectivity index (χ0) is 25.2. The first-order valence-electron chi connectivity index (χ1n) is 13.5. The molecule has 1 saturated heterocycles. The second-order valence-electron chi connectivity index (χ2n) is 9.62. The van der Waals surface area contributed by atoms with Gasteiger partial charge in [0.15, 0.2) is 12.4 Å². The number of unbranched alkanes of at least 4 members (excludes halogenated alkanes) is 14. The summed E-state index contributed by atoms with van der Waals surface area (Å²) in [6.07, 6.45) is 13.6. The van der Waals surface area contributed by atoms with Crippen molar-refractivity contribution in [1.29, 1.82) is 0 Å². The quantitative estimate of drug-likeness (QED) is 0.162. The highest BCUT2D eigenvalue weighted by molar-refractivity contribution is 5.73. The Hall–Kier alpha value is -1.22. The topological polar surface area (TPSA) is 125 Å². The van der Waals surface area contributed by atoms with Gasteiger partial charge in [0, 0.05) is 13.3 Å². The van der Waals surface area contributed by atoms with Gasteiger partial charge in [-0.1, -0.05) is 96.8 Å². The number of carbonyl (C=O) groups excluding carboxylic acids is 2. The van der Waals surface area contributed by atoms with Gasteiger partial charge in [-0.3, -0.25) is 9.59 Å². The van der Waals surface area contributed by atoms with Crippen molar-refractivity contribution in [1.82, 2.24) is 5.32 Å². The molecule has 0 saturated carbocycles. The van der Waals surface area contributed by atoms with Crippen molar-refractivity contribution in [2.24, 2.45) is 0 Å². The molecule has 0 aromatic rings. The van der Waals surface area contributed by atoms with Crippen molar-refractivity contribution in [2.45, 2.75) is 147 Å². The molecule has 8 nitrogen and oxygen atoms in total. The van der Waals surface area contributed by atoms with Crippen LogP contribution in [-0.2, 0) is 19.1 Å². The Balaban J connectivity index is 2.12. The van der Waals surface area contributed by atoms with Gasteiger partial charge in [0.1, 0.15) is 18.2 Å². The van der Waals surface area contributed by atoms with Crippen molar-refractivity contribution in [3.63, 3.8) is 0 Å². The van der Waals surface area contributed by atoms with Crippen LogP contribution in [0.4, 0.5) is 0 Å². The van der Waals surface area contributed by atoms with E-state index < -0.39 is 49.1 Å². The predicted molar refractivity (Wildman–Crippen MR) is 131 cm³/mol. The molecule has 4 N–H and O–H groups in total. The van der Waals surface area contributed by atoms with E-state index in [1.54, 1.807) is 0 Å². The van der Waals surface area contributed by atoms with Gasteiger partial charge < -0.3 is 30.1 Å². The van der Waals surface area contributed by atoms with Gasteiger partial charge in [-0.15, -0.1) is 0 Å². The highest BCUT2D eigenvalue weighted by atomic mass is 16.6. The summed E-state index contributed by atoms with van der Waals surface area (Å²) in [4.78, 5) is 23.7. The minimum atomic E-state index is -1.49. The fourth-order valence-electron chi connectivity index (χ4n) is 4.46. The lowest BCUT2D eigenvalue weighted by molar-refractivity contribution is -0.258. The monoisotopic (exact) mass is 487 g/mol. The Morgan fingerprint density at radius 2 is 1.29 bits per heavy atom. The lowest BCUT2D eigenvalue weighted by Crippen LogP contribution is -2.65. The first-order chi connectivity index (χ1) is 16.4. The first kappa shape index (κ1) is 30.8. The Kier molecular flexibility index (Phi) is 17.2. The number of amides is 1. The molecule has 0 unspecified atom stereocenters. The number of aliphatic hydroxyl groups is 3. The van der Waals surface area contributed by atoms with Crippen molar-refractivity contribution in [3.05, 3.63) is 0 Å². The second-order valence-corrected chi connectivity index (χ2v) is 9.62. The Bertz CT molecular complexity index is 545. The summed E-state index contributed by atoms with van der Waals surface area (Å²) in [5.41, 5.74) is 0. The normalized spacial score (nSPS) is 24.7. The van der Waals surface area contributed by atoms with Gasteiger partial charge >= 0.3 is 5.97 Å². The molecule has 1 aliphatic rings. The molecule has 5 atom stereocenters. The number of ether oxygens (including phenoxy) is 2. The fraction of sp³-hybridized carbons (Fsp3) is 0.923. The summed E-state index contributed by atoms with van der Waals surface area (Å²) in [5, 5.41) is 32.2. The van der Waals surface area contributed by atoms with Crippen LogP contribution in [0.3, 0.4) is 0 Å². The zero-order valence-corrected chi connectivity index (χ0v) is 21.4. The van der Waals surface area contributed by atoms with E-state index >= 15 is 0 Å². The Morgan fingerprint density at radius 3 is 1.74 bits per heavy atom. The maximum absolute atomic E-state index is 12.3. The molecule has 200 valence electrons. The van der Waals surface area contributed by atoms with Gasteiger partial charge in [0.2, 0.25) is 5.91 Å². The number of carbonyl (C=O) groups is 2. The van der Waals surface area contributed by atoms with Gasteiger partial charge in [-0.2, -0.15) is 0 Å². The van der Waals surface area contributed by atoms with Crippen molar-refractivity contribution < 1.29 is 34.4 Å². The van der Waals surface area contributed by atoms with Gasteiger partial charge in [-0.25, -0.2) is 0 Å². The molecule has 0 bridgehead atoms. The molecule has 34 heavy (non-hydrogen) atoms. The number of rotatable bonds is 19. The lowest BCUT2D eigenvalue weighted by Gasteiger charge is -2.41. The van der Waals surface area contributed by atoms with Crippen LogP contribution in [0.25, 0.3) is 0 Å². The Morgan fingerprint density at radius 1 is 0.824 bits per heavy atom. The van der Waals surface area contributed by atoms with Crippen LogP contribution >= 0.6 is 0 Å². The van der Waals surface area contributed by atoms with E-state index in [1.165, 1.54) is 84.0 Å². The summed E-state index contributed by atoms with van der Waals surface area (Å²) in [6, 6.07) is -1.10. The van der Waals surface area contributed by atoms with Crippen LogP contribution in [0.1, 0.15) is 117 Å². The molecule has 0 aromatic heterocycles. The highest BCUT2D eigenvalue weighted by Crippen LogP contribution is 2.23. The van der Waals surface area contributed by atoms with Crippen LogP contribution in [0.2, 0.25) is 0 Å². The van der Waals surface area contributed by atoms with E-state index in [9.17, 15) is 24.9 Å². The summed E-state index contributed by atoms with van der Waals surface area (Å²) in [6.45, 7) is 2.96. The van der Waals surface area contributed by atoms with Gasteiger partial charge in [0.05, 0.1) is 6.61 Å². The van der Waals surface area contributed by atoms with Crippen LogP contribution < -0.4 is 5.32 Å². The molecular weight excluding hydrogens is 438 g/mol. The average Bonchev–Trinajstić information content (AvgIpc) is 2.80. The standard InChI is InChI=1S/C26H49NO7/c1-3-4-5-6-7-8-9-10-11-12-13-14-15-16-17-18-22(30)34-25-23(27-20(2)29)26(32)33-21(19-28)24(25)31/h21,23-26,28,31-32H,3-19H2,1-2H3,(H,27,29)/t21-,23-,24-,25-,26+/m1/s1. The SMILES string of the molecule is CCCCCCCCCCCCCCCCCC(=O)O[C@H]1[C@H](O)[C@@H](CO)O[C@H](O)[C@@H]1NC(C)=O. The molecule has 0 aliphatic carbocycles. The third-order valence-corrected chi connectivity index (χ3v) is 6.49. The van der Waals surface area contributed by atoms with E-state index in [0.29, 0.717) is 6.42 Å². The second kappa shape index (κ2) is 19.0. The molecule has 1 amide bonds. The summed E-state index contributed by atoms with van der Waals surface area (Å²) < 4.78 is 10.5. The third-order valence-electron chi connectivity index (χ3n) is 6.49. The van der Waals surface area contributed by atoms with Crippen molar-refractivity contribution >= 4 is 11.9 Å². The fourth-order valence-corrected chi connectivity index (χ4v) is 4.46. The van der Waals surface area contributed by atoms with Crippen LogP contribution in [0, 0.1) is 0 Å². The molecule has 1 heterocycles. The average molecular weight is 488 g/mol. The summed E-state index contributed by atoms with van der Waals surface area (Å²) in [7, 11) is 0. The van der Waals surface area contributed by atoms with E-state index in [-0.39, 0.29) is 6.42 Å². The van der Waals surface area contributed by atoms with Crippen LogP contribution in [-0.4, -0.2) is 64.4 Å². The van der Waals surface area contributed by atoms with E-state index in [4.69, 9.17) is 9.47 Å². The number of nitrogens with one attached hydrogen (secondary N) is 1. The van der Waals surface area contributed by atoms with Crippen molar-refractivity contribution in [2.75, 3.05) is 6.61 Å². The number of hydrogen-bond acceptors (Lipinski definition) is 7. The number of aliphatic hydroxyl groups excluding tert-OH is 3. The third kappa shape index (κ3) is 13.0. The molecular formula is C26H49NO7. The van der Waals surface area contributed by atoms with Gasteiger partial charge in [0.25, 0.3) is 0 Å². The molecule has 8 heteroatoms. The first-order valence-corrected chi connectivity index (χ1v) is 13.5. The largest absolute Gasteiger partial charge is 0.457 e. The zero-order valence-electron chi connectivity index (χ0n) is 21.4. The summed E-state index contributed by atoms with van der Waals surface area (Å²) >= 11 is 0. The maximum Gasteiger partial charge on any atom is 0.306 e. The lowest BCUT2D eigenvalue weighted by atomic mass is 9.96. The predicted octanol–water partition coefficient (Wildman–Crippen LogP) is 3.73. The number of esters is 1. The Labute approximate surface area is 205 Å². The minimum Gasteiger partial charge on any atom is -0.457 e.